The van der Waals surface area contributed by atoms with E-state index >= 15 is 0 Å². The van der Waals surface area contributed by atoms with Gasteiger partial charge >= 0.3 is 0 Å². The van der Waals surface area contributed by atoms with Crippen molar-refractivity contribution in [2.24, 2.45) is 0 Å². The van der Waals surface area contributed by atoms with E-state index in [1.807, 2.05) is 0 Å². The van der Waals surface area contributed by atoms with Crippen LogP contribution < -0.4 is 4.72 Å². The Hall–Kier alpha value is -3.00. The molecule has 0 fully saturated rings. The summed E-state index contributed by atoms with van der Waals surface area (Å²) in [5.74, 6) is -2.13. The van der Waals surface area contributed by atoms with Gasteiger partial charge in [0.15, 0.2) is 4.91 Å². The van der Waals surface area contributed by atoms with Crippen molar-refractivity contribution in [1.29, 1.82) is 0 Å². The highest BCUT2D eigenvalue weighted by Gasteiger charge is 2.41. The Balaban J connectivity index is 2.23. The molecule has 1 N–H and O–H groups in total. The predicted octanol–water partition coefficient (Wildman–Crippen LogP) is 3.20. The number of para-hydroxylation sites is 1. The molecule has 0 unspecified atom stereocenters. The number of carbonyl (C=O) groups excluding carboxylic acids is 2. The van der Waals surface area contributed by atoms with Gasteiger partial charge in [0, 0.05) is 24.2 Å². The molecule has 0 atom stereocenters. The zero-order chi connectivity index (χ0) is 20.5. The molecule has 0 saturated heterocycles. The number of halogens is 1. The minimum Gasteiger partial charge on any atom is -0.368 e. The number of hydrogen-bond donors (Lipinski definition) is 1. The lowest BCUT2D eigenvalue weighted by Gasteiger charge is -2.29. The van der Waals surface area contributed by atoms with E-state index in [4.69, 9.17) is 0 Å². The van der Waals surface area contributed by atoms with Crippen LogP contribution in [0.5, 0.6) is 0 Å². The van der Waals surface area contributed by atoms with E-state index in [1.54, 1.807) is 26.0 Å². The Morgan fingerprint density at radius 2 is 1.43 bits per heavy atom. The number of Topliss-reactive ketones (excluding diaryl/α,β-unsaturated/α-hetero) is 2. The maximum absolute atomic E-state index is 14.0. The second kappa shape index (κ2) is 7.55. The summed E-state index contributed by atoms with van der Waals surface area (Å²) in [6, 6.07) is 11.3. The highest BCUT2D eigenvalue weighted by molar-refractivity contribution is 7.97. The SMILES string of the molecule is CCN(CC)C1=C(S(=O)(=O)Nc2ccccc2F)C(=O)c2ccccc2C1=O. The van der Waals surface area contributed by atoms with Crippen LogP contribution >= 0.6 is 0 Å². The fourth-order valence-corrected chi connectivity index (χ4v) is 4.54. The number of benzene rings is 2. The van der Waals surface area contributed by atoms with Gasteiger partial charge in [0.05, 0.1) is 5.69 Å². The second-order valence-corrected chi connectivity index (χ2v) is 7.76. The molecule has 6 nitrogen and oxygen atoms in total. The van der Waals surface area contributed by atoms with E-state index in [2.05, 4.69) is 4.72 Å². The van der Waals surface area contributed by atoms with E-state index < -0.39 is 32.3 Å². The van der Waals surface area contributed by atoms with E-state index in [9.17, 15) is 22.4 Å². The van der Waals surface area contributed by atoms with Crippen LogP contribution in [0, 0.1) is 5.82 Å². The van der Waals surface area contributed by atoms with E-state index in [0.717, 1.165) is 6.07 Å². The third-order valence-electron chi connectivity index (χ3n) is 4.52. The summed E-state index contributed by atoms with van der Waals surface area (Å²) in [6.07, 6.45) is 0. The van der Waals surface area contributed by atoms with Crippen LogP contribution in [0.3, 0.4) is 0 Å². The molecule has 1 aliphatic rings. The summed E-state index contributed by atoms with van der Waals surface area (Å²) in [7, 11) is -4.52. The molecule has 146 valence electrons. The van der Waals surface area contributed by atoms with Crippen LogP contribution in [0.15, 0.2) is 59.1 Å². The van der Waals surface area contributed by atoms with Crippen LogP contribution in [-0.2, 0) is 10.0 Å². The Labute approximate surface area is 162 Å². The summed E-state index contributed by atoms with van der Waals surface area (Å²) in [6.45, 7) is 4.16. The first-order valence-electron chi connectivity index (χ1n) is 8.76. The third kappa shape index (κ3) is 3.31. The molecule has 2 aromatic carbocycles. The summed E-state index contributed by atoms with van der Waals surface area (Å²) < 4.78 is 42.3. The van der Waals surface area contributed by atoms with Gasteiger partial charge in [-0.25, -0.2) is 12.8 Å². The summed E-state index contributed by atoms with van der Waals surface area (Å²) in [5.41, 5.74) is -0.331. The zero-order valence-corrected chi connectivity index (χ0v) is 16.2. The molecule has 0 saturated carbocycles. The van der Waals surface area contributed by atoms with Gasteiger partial charge < -0.3 is 4.90 Å². The fraction of sp³-hybridized carbons (Fsp3) is 0.200. The number of fused-ring (bicyclic) bond motifs is 1. The Morgan fingerprint density at radius 1 is 0.893 bits per heavy atom. The van der Waals surface area contributed by atoms with Crippen LogP contribution in [-0.4, -0.2) is 38.0 Å². The lowest BCUT2D eigenvalue weighted by atomic mass is 9.92. The van der Waals surface area contributed by atoms with Gasteiger partial charge in [-0.1, -0.05) is 36.4 Å². The van der Waals surface area contributed by atoms with E-state index in [-0.39, 0.29) is 22.5 Å². The molecule has 0 bridgehead atoms. The molecule has 0 aromatic heterocycles. The molecular weight excluding hydrogens is 383 g/mol. The predicted molar refractivity (Wildman–Crippen MR) is 104 cm³/mol. The zero-order valence-electron chi connectivity index (χ0n) is 15.4. The van der Waals surface area contributed by atoms with Crippen molar-refractivity contribution in [3.05, 3.63) is 76.1 Å². The van der Waals surface area contributed by atoms with E-state index in [0.29, 0.717) is 13.1 Å². The first-order valence-corrected chi connectivity index (χ1v) is 10.2. The second-order valence-electron chi connectivity index (χ2n) is 6.14. The number of likely N-dealkylation sites (N-methyl/N-ethyl adjacent to an activating group) is 1. The van der Waals surface area contributed by atoms with Crippen molar-refractivity contribution >= 4 is 27.3 Å². The summed E-state index contributed by atoms with van der Waals surface area (Å²) >= 11 is 0. The largest absolute Gasteiger partial charge is 0.368 e. The molecule has 0 radical (unpaired) electrons. The number of allylic oxidation sites excluding steroid dienone is 2. The van der Waals surface area contributed by atoms with Crippen molar-refractivity contribution in [2.75, 3.05) is 17.8 Å². The maximum atomic E-state index is 14.0. The van der Waals surface area contributed by atoms with Gasteiger partial charge in [-0.2, -0.15) is 0 Å². The Morgan fingerprint density at radius 3 is 2.00 bits per heavy atom. The first kappa shape index (κ1) is 19.8. The minimum atomic E-state index is -4.52. The van der Waals surface area contributed by atoms with Gasteiger partial charge in [0.2, 0.25) is 11.6 Å². The van der Waals surface area contributed by atoms with Crippen LogP contribution in [0.1, 0.15) is 34.6 Å². The molecule has 0 amide bonds. The molecule has 1 aliphatic carbocycles. The third-order valence-corrected chi connectivity index (χ3v) is 5.92. The lowest BCUT2D eigenvalue weighted by molar-refractivity contribution is 0.0949. The highest BCUT2D eigenvalue weighted by Crippen LogP contribution is 2.32. The summed E-state index contributed by atoms with van der Waals surface area (Å²) in [4.78, 5) is 27.0. The topological polar surface area (TPSA) is 83.6 Å². The number of nitrogens with one attached hydrogen (secondary N) is 1. The van der Waals surface area contributed by atoms with Crippen LogP contribution in [0.2, 0.25) is 0 Å². The molecule has 8 heteroatoms. The van der Waals surface area contributed by atoms with Gasteiger partial charge in [-0.05, 0) is 26.0 Å². The van der Waals surface area contributed by atoms with Crippen molar-refractivity contribution < 1.29 is 22.4 Å². The highest BCUT2D eigenvalue weighted by atomic mass is 32.2. The smallest absolute Gasteiger partial charge is 0.268 e. The standard InChI is InChI=1S/C20H19FN2O4S/c1-3-23(4-2)17-18(24)13-9-5-6-10-14(13)19(25)20(17)28(26,27)22-16-12-8-7-11-15(16)21/h5-12,22H,3-4H2,1-2H3. The molecule has 0 spiro atoms. The lowest BCUT2D eigenvalue weighted by Crippen LogP contribution is -2.37. The first-order chi connectivity index (χ1) is 13.3. The van der Waals surface area contributed by atoms with E-state index in [1.165, 1.54) is 35.2 Å². The van der Waals surface area contributed by atoms with Crippen molar-refractivity contribution in [2.45, 2.75) is 13.8 Å². The van der Waals surface area contributed by atoms with Crippen molar-refractivity contribution in [3.8, 4) is 0 Å². The monoisotopic (exact) mass is 402 g/mol. The van der Waals surface area contributed by atoms with Crippen molar-refractivity contribution in [3.63, 3.8) is 0 Å². The van der Waals surface area contributed by atoms with Gasteiger partial charge in [0.25, 0.3) is 10.0 Å². The number of hydrogen-bond acceptors (Lipinski definition) is 5. The van der Waals surface area contributed by atoms with Gasteiger partial charge in [-0.15, -0.1) is 0 Å². The molecule has 0 heterocycles. The average Bonchev–Trinajstić information content (AvgIpc) is 2.68. The Bertz CT molecular complexity index is 1090. The summed E-state index contributed by atoms with van der Waals surface area (Å²) in [5, 5.41) is 0. The molecule has 28 heavy (non-hydrogen) atoms. The number of carbonyl (C=O) groups is 2. The van der Waals surface area contributed by atoms with Gasteiger partial charge in [-0.3, -0.25) is 14.3 Å². The molecular formula is C20H19FN2O4S. The molecule has 2 aromatic rings. The van der Waals surface area contributed by atoms with Crippen LogP contribution in [0.4, 0.5) is 10.1 Å². The quantitative estimate of drug-likeness (QED) is 0.802. The number of rotatable bonds is 6. The number of nitrogens with zero attached hydrogens (tertiary/aromatic N) is 1. The number of sulfonamides is 1. The molecule has 0 aliphatic heterocycles. The fourth-order valence-electron chi connectivity index (χ4n) is 3.16. The van der Waals surface area contributed by atoms with Crippen molar-refractivity contribution in [1.82, 2.24) is 4.90 Å². The number of anilines is 1. The normalized spacial score (nSPS) is 14.1. The Kier molecular flexibility index (Phi) is 5.33. The number of ketones is 2. The minimum absolute atomic E-state index is 0.0114. The molecule has 3 rings (SSSR count). The van der Waals surface area contributed by atoms with Gasteiger partial charge in [0.1, 0.15) is 11.5 Å². The maximum Gasteiger partial charge on any atom is 0.268 e. The van der Waals surface area contributed by atoms with Crippen LogP contribution in [0.25, 0.3) is 0 Å². The average molecular weight is 402 g/mol.